The van der Waals surface area contributed by atoms with Crippen molar-refractivity contribution in [3.8, 4) is 22.6 Å². The van der Waals surface area contributed by atoms with Gasteiger partial charge >= 0.3 is 6.09 Å². The summed E-state index contributed by atoms with van der Waals surface area (Å²) in [6.07, 6.45) is 1.04. The molecule has 2 unspecified atom stereocenters. The molecule has 4 rings (SSSR count). The molecule has 3 heterocycles. The van der Waals surface area contributed by atoms with Gasteiger partial charge in [-0.3, -0.25) is 9.36 Å². The van der Waals surface area contributed by atoms with Crippen molar-refractivity contribution in [3.63, 3.8) is 0 Å². The zero-order valence-electron chi connectivity index (χ0n) is 21.8. The van der Waals surface area contributed by atoms with Gasteiger partial charge in [0.15, 0.2) is 0 Å². The van der Waals surface area contributed by atoms with Gasteiger partial charge < -0.3 is 29.6 Å². The van der Waals surface area contributed by atoms with Crippen LogP contribution >= 0.6 is 23.2 Å². The number of fused-ring (bicyclic) bond motifs is 1. The standard InChI is InChI=1S/C25H29Cl2N5O6/c1-25(2,3)38-24(34)30-15-11-37-10-14(15)29-23-28-9-12-7-13(22(33)32(4)21(12)31-23)18-19(26)16(35-5)8-17(36-6)20(18)27/h7-9,14-15H,10-11H2,1-6H3,(H,30,34)(H,28,29,31). The number of carbonyl (C=O) groups is 1. The number of alkyl carbamates (subject to hydrolysis) is 1. The first-order valence-corrected chi connectivity index (χ1v) is 12.5. The zero-order valence-corrected chi connectivity index (χ0v) is 23.4. The minimum Gasteiger partial charge on any atom is -0.495 e. The van der Waals surface area contributed by atoms with Gasteiger partial charge in [-0.05, 0) is 26.8 Å². The van der Waals surface area contributed by atoms with Crippen LogP contribution in [0.5, 0.6) is 11.5 Å². The first kappa shape index (κ1) is 27.7. The van der Waals surface area contributed by atoms with Crippen LogP contribution in [0.2, 0.25) is 10.0 Å². The largest absolute Gasteiger partial charge is 0.495 e. The van der Waals surface area contributed by atoms with Crippen LogP contribution in [0.3, 0.4) is 0 Å². The van der Waals surface area contributed by atoms with Gasteiger partial charge in [-0.1, -0.05) is 23.2 Å². The number of nitrogens with zero attached hydrogens (tertiary/aromatic N) is 3. The predicted octanol–water partition coefficient (Wildman–Crippen LogP) is 4.02. The van der Waals surface area contributed by atoms with Crippen LogP contribution in [0.4, 0.5) is 10.7 Å². The van der Waals surface area contributed by atoms with Crippen molar-refractivity contribution < 1.29 is 23.7 Å². The molecule has 204 valence electrons. The molecule has 1 aliphatic heterocycles. The molecule has 0 radical (unpaired) electrons. The third-order valence-corrected chi connectivity index (χ3v) is 6.64. The minimum absolute atomic E-state index is 0.179. The van der Waals surface area contributed by atoms with Crippen LogP contribution in [-0.4, -0.2) is 65.7 Å². The van der Waals surface area contributed by atoms with E-state index in [0.29, 0.717) is 35.7 Å². The summed E-state index contributed by atoms with van der Waals surface area (Å²) in [6.45, 7) is 6.00. The topological polar surface area (TPSA) is 126 Å². The van der Waals surface area contributed by atoms with Crippen molar-refractivity contribution in [3.05, 3.63) is 38.7 Å². The fraction of sp³-hybridized carbons (Fsp3) is 0.440. The third-order valence-electron chi connectivity index (χ3n) is 5.89. The lowest BCUT2D eigenvalue weighted by Gasteiger charge is -2.24. The third kappa shape index (κ3) is 5.59. The number of anilines is 1. The molecule has 2 atom stereocenters. The molecule has 11 nitrogen and oxygen atoms in total. The first-order valence-electron chi connectivity index (χ1n) is 11.7. The Kier molecular flexibility index (Phi) is 7.91. The number of aromatic nitrogens is 3. The molecule has 2 aromatic heterocycles. The molecule has 1 fully saturated rings. The summed E-state index contributed by atoms with van der Waals surface area (Å²) < 4.78 is 22.9. The number of hydrogen-bond donors (Lipinski definition) is 2. The maximum absolute atomic E-state index is 13.4. The minimum atomic E-state index is -0.623. The van der Waals surface area contributed by atoms with E-state index in [9.17, 15) is 9.59 Å². The second-order valence-corrected chi connectivity index (χ2v) is 10.5. The fourth-order valence-electron chi connectivity index (χ4n) is 4.08. The van der Waals surface area contributed by atoms with E-state index in [1.54, 1.807) is 46.1 Å². The summed E-state index contributed by atoms with van der Waals surface area (Å²) >= 11 is 13.1. The average molecular weight is 566 g/mol. The van der Waals surface area contributed by atoms with E-state index in [1.807, 2.05) is 0 Å². The maximum Gasteiger partial charge on any atom is 0.408 e. The van der Waals surface area contributed by atoms with Crippen LogP contribution in [0.1, 0.15) is 20.8 Å². The number of nitrogens with one attached hydrogen (secondary N) is 2. The summed E-state index contributed by atoms with van der Waals surface area (Å²) in [4.78, 5) is 34.6. The lowest BCUT2D eigenvalue weighted by Crippen LogP contribution is -2.47. The van der Waals surface area contributed by atoms with Crippen molar-refractivity contribution in [1.82, 2.24) is 19.9 Å². The quantitative estimate of drug-likeness (QED) is 0.455. The first-order chi connectivity index (χ1) is 17.9. The predicted molar refractivity (Wildman–Crippen MR) is 145 cm³/mol. The summed E-state index contributed by atoms with van der Waals surface area (Å²) in [5.41, 5.74) is -0.0956. The van der Waals surface area contributed by atoms with Crippen molar-refractivity contribution in [2.24, 2.45) is 7.05 Å². The number of benzene rings is 1. The van der Waals surface area contributed by atoms with Gasteiger partial charge in [-0.15, -0.1) is 0 Å². The molecule has 0 bridgehead atoms. The Balaban J connectivity index is 1.66. The van der Waals surface area contributed by atoms with E-state index in [4.69, 9.17) is 42.1 Å². The number of amides is 1. The van der Waals surface area contributed by atoms with Gasteiger partial charge in [-0.2, -0.15) is 4.98 Å². The molecule has 2 N–H and O–H groups in total. The second kappa shape index (κ2) is 10.8. The van der Waals surface area contributed by atoms with Gasteiger partial charge in [0.25, 0.3) is 5.56 Å². The van der Waals surface area contributed by atoms with E-state index in [1.165, 1.54) is 18.8 Å². The van der Waals surface area contributed by atoms with Gasteiger partial charge in [0.2, 0.25) is 5.95 Å². The van der Waals surface area contributed by atoms with Crippen LogP contribution in [0, 0.1) is 0 Å². The summed E-state index contributed by atoms with van der Waals surface area (Å²) in [7, 11) is 4.51. The molecule has 1 saturated heterocycles. The zero-order chi connectivity index (χ0) is 27.8. The van der Waals surface area contributed by atoms with Crippen LogP contribution in [-0.2, 0) is 16.5 Å². The van der Waals surface area contributed by atoms with Crippen molar-refractivity contribution >= 4 is 46.3 Å². The Labute approximate surface area is 229 Å². The molecule has 0 aliphatic carbocycles. The summed E-state index contributed by atoms with van der Waals surface area (Å²) in [5, 5.41) is 6.93. The Bertz CT molecular complexity index is 1410. The molecule has 1 aromatic carbocycles. The molecule has 13 heteroatoms. The Morgan fingerprint density at radius 1 is 1.11 bits per heavy atom. The average Bonchev–Trinajstić information content (AvgIpc) is 3.27. The number of pyridine rings is 1. The number of hydrogen-bond acceptors (Lipinski definition) is 9. The smallest absolute Gasteiger partial charge is 0.408 e. The normalized spacial score (nSPS) is 17.4. The lowest BCUT2D eigenvalue weighted by atomic mass is 10.0. The van der Waals surface area contributed by atoms with Crippen molar-refractivity contribution in [1.29, 1.82) is 0 Å². The number of rotatable bonds is 6. The second-order valence-electron chi connectivity index (χ2n) is 9.72. The number of methoxy groups -OCH3 is 2. The van der Waals surface area contributed by atoms with Gasteiger partial charge in [0.1, 0.15) is 22.7 Å². The van der Waals surface area contributed by atoms with Gasteiger partial charge in [0.05, 0.1) is 55.1 Å². The highest BCUT2D eigenvalue weighted by atomic mass is 35.5. The molecule has 38 heavy (non-hydrogen) atoms. The lowest BCUT2D eigenvalue weighted by molar-refractivity contribution is 0.0497. The van der Waals surface area contributed by atoms with E-state index >= 15 is 0 Å². The molecule has 1 amide bonds. The van der Waals surface area contributed by atoms with Crippen LogP contribution < -0.4 is 25.7 Å². The van der Waals surface area contributed by atoms with E-state index < -0.39 is 11.7 Å². The van der Waals surface area contributed by atoms with Crippen molar-refractivity contribution in [2.75, 3.05) is 32.8 Å². The SMILES string of the molecule is COc1cc(OC)c(Cl)c(-c2cc3cnc(NC4COCC4NC(=O)OC(C)(C)C)nc3n(C)c2=O)c1Cl. The fourth-order valence-corrected chi connectivity index (χ4v) is 4.79. The molecule has 0 spiro atoms. The van der Waals surface area contributed by atoms with Crippen LogP contribution in [0.25, 0.3) is 22.2 Å². The highest BCUT2D eigenvalue weighted by Gasteiger charge is 2.32. The Hall–Kier alpha value is -3.28. The number of ether oxygens (including phenoxy) is 4. The molecule has 0 saturated carbocycles. The number of halogens is 2. The summed E-state index contributed by atoms with van der Waals surface area (Å²) in [5.74, 6) is 0.897. The number of aryl methyl sites for hydroxylation is 1. The van der Waals surface area contributed by atoms with E-state index in [-0.39, 0.29) is 44.8 Å². The monoisotopic (exact) mass is 565 g/mol. The van der Waals surface area contributed by atoms with Gasteiger partial charge in [0, 0.05) is 30.3 Å². The number of carbonyl (C=O) groups excluding carboxylic acids is 1. The van der Waals surface area contributed by atoms with E-state index in [2.05, 4.69) is 20.6 Å². The van der Waals surface area contributed by atoms with Crippen molar-refractivity contribution in [2.45, 2.75) is 38.5 Å². The Morgan fingerprint density at radius 2 is 1.74 bits per heavy atom. The highest BCUT2D eigenvalue weighted by Crippen LogP contribution is 2.45. The summed E-state index contributed by atoms with van der Waals surface area (Å²) in [6, 6.07) is 2.51. The van der Waals surface area contributed by atoms with Crippen LogP contribution in [0.15, 0.2) is 23.1 Å². The molecular weight excluding hydrogens is 537 g/mol. The molecule has 3 aromatic rings. The van der Waals surface area contributed by atoms with Gasteiger partial charge in [-0.25, -0.2) is 9.78 Å². The molecular formula is C25H29Cl2N5O6. The highest BCUT2D eigenvalue weighted by molar-refractivity contribution is 6.41. The maximum atomic E-state index is 13.4. The Morgan fingerprint density at radius 3 is 2.34 bits per heavy atom. The van der Waals surface area contributed by atoms with E-state index in [0.717, 1.165) is 0 Å². The molecule has 1 aliphatic rings.